The summed E-state index contributed by atoms with van der Waals surface area (Å²) in [4.78, 5) is 28.1. The van der Waals surface area contributed by atoms with Gasteiger partial charge in [-0.2, -0.15) is 0 Å². The molecule has 0 atom stereocenters. The van der Waals surface area contributed by atoms with Crippen LogP contribution in [0.4, 0.5) is 4.79 Å². The van der Waals surface area contributed by atoms with Gasteiger partial charge in [-0.25, -0.2) is 9.69 Å². The van der Waals surface area contributed by atoms with E-state index < -0.39 is 5.54 Å². The van der Waals surface area contributed by atoms with Crippen molar-refractivity contribution in [1.82, 2.24) is 10.2 Å². The zero-order valence-corrected chi connectivity index (χ0v) is 13.8. The highest BCUT2D eigenvalue weighted by Gasteiger charge is 2.52. The number of amides is 3. The SMILES string of the molecule is CC1CCC2(CC1)NC(=O)N(C[NH+]1CCCCCCC1)C2=O. The van der Waals surface area contributed by atoms with Crippen LogP contribution in [0, 0.1) is 5.92 Å². The van der Waals surface area contributed by atoms with Crippen molar-refractivity contribution in [3.63, 3.8) is 0 Å². The topological polar surface area (TPSA) is 53.9 Å². The number of imide groups is 1. The van der Waals surface area contributed by atoms with Gasteiger partial charge in [-0.15, -0.1) is 0 Å². The van der Waals surface area contributed by atoms with Crippen LogP contribution < -0.4 is 10.2 Å². The third-order valence-electron chi connectivity index (χ3n) is 5.82. The van der Waals surface area contributed by atoms with Crippen LogP contribution in [0.15, 0.2) is 0 Å². The van der Waals surface area contributed by atoms with Crippen LogP contribution in [0.1, 0.15) is 64.7 Å². The van der Waals surface area contributed by atoms with Gasteiger partial charge < -0.3 is 10.2 Å². The summed E-state index contributed by atoms with van der Waals surface area (Å²) in [6.45, 7) is 4.96. The van der Waals surface area contributed by atoms with Crippen molar-refractivity contribution < 1.29 is 14.5 Å². The van der Waals surface area contributed by atoms with E-state index in [0.717, 1.165) is 38.8 Å². The number of urea groups is 1. The maximum absolute atomic E-state index is 12.9. The van der Waals surface area contributed by atoms with E-state index in [1.807, 2.05) is 0 Å². The number of rotatable bonds is 2. The number of hydrogen-bond acceptors (Lipinski definition) is 2. The number of nitrogens with one attached hydrogen (secondary N) is 2. The summed E-state index contributed by atoms with van der Waals surface area (Å²) in [6, 6.07) is -0.158. The molecule has 5 nitrogen and oxygen atoms in total. The van der Waals surface area contributed by atoms with E-state index in [1.54, 1.807) is 0 Å². The Bertz CT molecular complexity index is 422. The largest absolute Gasteiger partial charge is 0.329 e. The molecule has 3 amide bonds. The smallest absolute Gasteiger partial charge is 0.323 e. The lowest BCUT2D eigenvalue weighted by Crippen LogP contribution is -3.13. The van der Waals surface area contributed by atoms with Gasteiger partial charge in [0.25, 0.3) is 5.91 Å². The van der Waals surface area contributed by atoms with Gasteiger partial charge in [0.15, 0.2) is 6.67 Å². The molecule has 0 radical (unpaired) electrons. The second kappa shape index (κ2) is 6.57. The van der Waals surface area contributed by atoms with E-state index in [-0.39, 0.29) is 11.9 Å². The molecule has 1 aliphatic carbocycles. The molecule has 1 spiro atoms. The van der Waals surface area contributed by atoms with Crippen molar-refractivity contribution in [1.29, 1.82) is 0 Å². The molecule has 124 valence electrons. The Hall–Kier alpha value is -1.10. The Morgan fingerprint density at radius 2 is 1.68 bits per heavy atom. The fourth-order valence-electron chi connectivity index (χ4n) is 4.20. The third-order valence-corrected chi connectivity index (χ3v) is 5.82. The molecule has 3 aliphatic rings. The minimum absolute atomic E-state index is 0.0407. The predicted octanol–water partition coefficient (Wildman–Crippen LogP) is 1.29. The highest BCUT2D eigenvalue weighted by molar-refractivity contribution is 6.06. The monoisotopic (exact) mass is 308 g/mol. The molecule has 0 aromatic rings. The fourth-order valence-corrected chi connectivity index (χ4v) is 4.20. The van der Waals surface area contributed by atoms with Crippen LogP contribution >= 0.6 is 0 Å². The summed E-state index contributed by atoms with van der Waals surface area (Å²) in [5.74, 6) is 0.711. The zero-order chi connectivity index (χ0) is 15.6. The van der Waals surface area contributed by atoms with Crippen molar-refractivity contribution >= 4 is 11.9 Å². The number of quaternary nitrogens is 1. The van der Waals surface area contributed by atoms with E-state index >= 15 is 0 Å². The highest BCUT2D eigenvalue weighted by atomic mass is 16.2. The minimum atomic E-state index is -0.578. The van der Waals surface area contributed by atoms with Crippen molar-refractivity contribution in [2.45, 2.75) is 70.3 Å². The average Bonchev–Trinajstić information content (AvgIpc) is 2.69. The first-order valence-electron chi connectivity index (χ1n) is 9.08. The first-order valence-corrected chi connectivity index (χ1v) is 9.08. The Morgan fingerprint density at radius 3 is 2.32 bits per heavy atom. The predicted molar refractivity (Wildman–Crippen MR) is 84.4 cm³/mol. The van der Waals surface area contributed by atoms with E-state index in [1.165, 1.54) is 41.9 Å². The van der Waals surface area contributed by atoms with Crippen molar-refractivity contribution in [2.24, 2.45) is 5.92 Å². The number of carbonyl (C=O) groups excluding carboxylic acids is 2. The molecule has 2 saturated heterocycles. The summed E-state index contributed by atoms with van der Waals surface area (Å²) >= 11 is 0. The lowest BCUT2D eigenvalue weighted by Gasteiger charge is -2.33. The van der Waals surface area contributed by atoms with E-state index in [4.69, 9.17) is 0 Å². The molecule has 3 fully saturated rings. The van der Waals surface area contributed by atoms with Crippen LogP contribution in [0.2, 0.25) is 0 Å². The quantitative estimate of drug-likeness (QED) is 0.756. The first kappa shape index (κ1) is 15.8. The molecule has 5 heteroatoms. The van der Waals surface area contributed by atoms with Gasteiger partial charge in [-0.05, 0) is 57.3 Å². The number of likely N-dealkylation sites (tertiary alicyclic amines) is 1. The summed E-state index contributed by atoms with van der Waals surface area (Å²) in [5.41, 5.74) is -0.578. The van der Waals surface area contributed by atoms with Gasteiger partial charge >= 0.3 is 6.03 Å². The lowest BCUT2D eigenvalue weighted by atomic mass is 9.77. The second-order valence-electron chi connectivity index (χ2n) is 7.60. The first-order chi connectivity index (χ1) is 10.6. The molecular weight excluding hydrogens is 278 g/mol. The molecule has 1 saturated carbocycles. The molecule has 0 aromatic carbocycles. The van der Waals surface area contributed by atoms with Crippen LogP contribution in [-0.2, 0) is 4.79 Å². The van der Waals surface area contributed by atoms with Crippen molar-refractivity contribution in [3.8, 4) is 0 Å². The third kappa shape index (κ3) is 3.14. The van der Waals surface area contributed by atoms with Crippen molar-refractivity contribution in [2.75, 3.05) is 19.8 Å². The van der Waals surface area contributed by atoms with Crippen LogP contribution in [0.25, 0.3) is 0 Å². The summed E-state index contributed by atoms with van der Waals surface area (Å²) in [6.07, 6.45) is 10.0. The number of carbonyl (C=O) groups is 2. The Balaban J connectivity index is 1.63. The zero-order valence-electron chi connectivity index (χ0n) is 13.8. The maximum atomic E-state index is 12.9. The standard InChI is InChI=1S/C17H29N3O2/c1-14-7-9-17(10-8-14)15(21)20(16(22)18-17)13-19-11-5-3-2-4-6-12-19/h14H,2-13H2,1H3,(H,18,22)/p+1. The molecule has 0 aromatic heterocycles. The molecular formula is C17H30N3O2+. The van der Waals surface area contributed by atoms with Gasteiger partial charge in [-0.3, -0.25) is 4.79 Å². The van der Waals surface area contributed by atoms with Crippen molar-refractivity contribution in [3.05, 3.63) is 0 Å². The van der Waals surface area contributed by atoms with Gasteiger partial charge in [0.05, 0.1) is 13.1 Å². The van der Waals surface area contributed by atoms with Crippen LogP contribution in [0.3, 0.4) is 0 Å². The molecule has 3 rings (SSSR count). The molecule has 0 unspecified atom stereocenters. The summed E-state index contributed by atoms with van der Waals surface area (Å²) in [7, 11) is 0. The molecule has 2 heterocycles. The van der Waals surface area contributed by atoms with Gasteiger partial charge in [0, 0.05) is 0 Å². The van der Waals surface area contributed by atoms with Gasteiger partial charge in [0.2, 0.25) is 0 Å². The fraction of sp³-hybridized carbons (Fsp3) is 0.882. The van der Waals surface area contributed by atoms with Crippen LogP contribution in [0.5, 0.6) is 0 Å². The van der Waals surface area contributed by atoms with Gasteiger partial charge in [-0.1, -0.05) is 13.3 Å². The normalized spacial score (nSPS) is 34.6. The second-order valence-corrected chi connectivity index (χ2v) is 7.60. The Morgan fingerprint density at radius 1 is 1.09 bits per heavy atom. The number of hydrogen-bond donors (Lipinski definition) is 2. The summed E-state index contributed by atoms with van der Waals surface area (Å²) in [5, 5.41) is 3.03. The molecule has 0 bridgehead atoms. The molecule has 22 heavy (non-hydrogen) atoms. The highest BCUT2D eigenvalue weighted by Crippen LogP contribution is 2.35. The van der Waals surface area contributed by atoms with Crippen LogP contribution in [-0.4, -0.2) is 42.1 Å². The van der Waals surface area contributed by atoms with E-state index in [0.29, 0.717) is 12.6 Å². The molecule has 2 aliphatic heterocycles. The van der Waals surface area contributed by atoms with E-state index in [2.05, 4.69) is 12.2 Å². The Kier molecular flexibility index (Phi) is 4.71. The van der Waals surface area contributed by atoms with Gasteiger partial charge in [0.1, 0.15) is 5.54 Å². The summed E-state index contributed by atoms with van der Waals surface area (Å²) < 4.78 is 0. The number of nitrogens with zero attached hydrogens (tertiary/aromatic N) is 1. The Labute approximate surface area is 133 Å². The minimum Gasteiger partial charge on any atom is -0.323 e. The lowest BCUT2D eigenvalue weighted by molar-refractivity contribution is -0.908. The maximum Gasteiger partial charge on any atom is 0.329 e. The molecule has 2 N–H and O–H groups in total. The van der Waals surface area contributed by atoms with E-state index in [9.17, 15) is 9.59 Å². The average molecular weight is 308 g/mol.